The van der Waals surface area contributed by atoms with Crippen LogP contribution in [0.15, 0.2) is 18.2 Å². The van der Waals surface area contributed by atoms with Crippen molar-refractivity contribution in [1.82, 2.24) is 0 Å². The summed E-state index contributed by atoms with van der Waals surface area (Å²) in [4.78, 5) is 11.5. The maximum atomic E-state index is 13.5. The minimum Gasteiger partial charge on any atom is -0.494 e. The van der Waals surface area contributed by atoms with E-state index in [4.69, 9.17) is 9.47 Å². The van der Waals surface area contributed by atoms with Gasteiger partial charge in [0.15, 0.2) is 11.6 Å². The second kappa shape index (κ2) is 4.73. The zero-order valence-corrected chi connectivity index (χ0v) is 9.90. The molecule has 0 bridgehead atoms. The predicted molar refractivity (Wildman–Crippen MR) is 60.4 cm³/mol. The quantitative estimate of drug-likeness (QED) is 0.756. The van der Waals surface area contributed by atoms with Gasteiger partial charge in [0.05, 0.1) is 19.6 Å². The summed E-state index contributed by atoms with van der Waals surface area (Å²) in [6, 6.07) is 4.82. The van der Waals surface area contributed by atoms with Crippen LogP contribution >= 0.6 is 0 Å². The third kappa shape index (κ3) is 2.40. The summed E-state index contributed by atoms with van der Waals surface area (Å²) in [5.74, 6) is -0.368. The van der Waals surface area contributed by atoms with Crippen molar-refractivity contribution >= 4 is 5.97 Å². The molecule has 2 rings (SSSR count). The van der Waals surface area contributed by atoms with Crippen molar-refractivity contribution in [3.05, 3.63) is 29.6 Å². The van der Waals surface area contributed by atoms with Crippen LogP contribution in [0.25, 0.3) is 0 Å². The molecule has 1 saturated carbocycles. The Kier molecular flexibility index (Phi) is 3.31. The summed E-state index contributed by atoms with van der Waals surface area (Å²) in [6.07, 6.45) is 0.741. The number of benzene rings is 1. The highest BCUT2D eigenvalue weighted by molar-refractivity contribution is 5.77. The molecule has 17 heavy (non-hydrogen) atoms. The second-order valence-corrected chi connectivity index (χ2v) is 4.09. The molecule has 0 saturated heterocycles. The number of carbonyl (C=O) groups is 1. The first-order chi connectivity index (χ1) is 8.17. The minimum atomic E-state index is -0.389. The SMILES string of the molecule is CCOC(=O)[C@@H]1C[C@H]1c1ccc(OC)c(F)c1. The Morgan fingerprint density at radius 2 is 2.29 bits per heavy atom. The zero-order valence-electron chi connectivity index (χ0n) is 9.90. The fourth-order valence-corrected chi connectivity index (χ4v) is 1.99. The molecule has 3 nitrogen and oxygen atoms in total. The van der Waals surface area contributed by atoms with Gasteiger partial charge in [-0.25, -0.2) is 4.39 Å². The Morgan fingerprint density at radius 1 is 1.53 bits per heavy atom. The summed E-state index contributed by atoms with van der Waals surface area (Å²) in [7, 11) is 1.43. The van der Waals surface area contributed by atoms with Gasteiger partial charge in [-0.1, -0.05) is 6.07 Å². The normalized spacial score (nSPS) is 22.1. The van der Waals surface area contributed by atoms with Gasteiger partial charge in [0.25, 0.3) is 0 Å². The van der Waals surface area contributed by atoms with E-state index < -0.39 is 0 Å². The van der Waals surface area contributed by atoms with E-state index in [2.05, 4.69) is 0 Å². The third-order valence-electron chi connectivity index (χ3n) is 2.98. The number of rotatable bonds is 4. The lowest BCUT2D eigenvalue weighted by molar-refractivity contribution is -0.144. The van der Waals surface area contributed by atoms with Gasteiger partial charge in [-0.05, 0) is 37.0 Å². The number of halogens is 1. The Labute approximate surface area is 99.5 Å². The molecule has 2 atom stereocenters. The van der Waals surface area contributed by atoms with Gasteiger partial charge in [-0.2, -0.15) is 0 Å². The van der Waals surface area contributed by atoms with Crippen LogP contribution < -0.4 is 4.74 Å². The smallest absolute Gasteiger partial charge is 0.309 e. The van der Waals surface area contributed by atoms with Gasteiger partial charge in [0.2, 0.25) is 0 Å². The molecule has 0 spiro atoms. The average Bonchev–Trinajstić information content (AvgIpc) is 3.09. The van der Waals surface area contributed by atoms with Crippen molar-refractivity contribution in [3.63, 3.8) is 0 Å². The monoisotopic (exact) mass is 238 g/mol. The first kappa shape index (κ1) is 11.9. The Bertz CT molecular complexity index is 431. The molecular formula is C13H15FO3. The van der Waals surface area contributed by atoms with Gasteiger partial charge < -0.3 is 9.47 Å². The molecule has 0 aromatic heterocycles. The summed E-state index contributed by atoms with van der Waals surface area (Å²) in [5, 5.41) is 0. The first-order valence-corrected chi connectivity index (χ1v) is 5.67. The van der Waals surface area contributed by atoms with Crippen molar-refractivity contribution in [2.24, 2.45) is 5.92 Å². The van der Waals surface area contributed by atoms with Crippen molar-refractivity contribution in [2.75, 3.05) is 13.7 Å². The molecule has 1 aliphatic carbocycles. The van der Waals surface area contributed by atoms with Crippen LogP contribution in [0.1, 0.15) is 24.8 Å². The average molecular weight is 238 g/mol. The van der Waals surface area contributed by atoms with Gasteiger partial charge in [0, 0.05) is 0 Å². The molecule has 92 valence electrons. The van der Waals surface area contributed by atoms with Gasteiger partial charge in [-0.3, -0.25) is 4.79 Å². The van der Waals surface area contributed by atoms with Crippen LogP contribution in [-0.2, 0) is 9.53 Å². The van der Waals surface area contributed by atoms with Crippen molar-refractivity contribution in [1.29, 1.82) is 0 Å². The highest BCUT2D eigenvalue weighted by atomic mass is 19.1. The zero-order chi connectivity index (χ0) is 12.4. The van der Waals surface area contributed by atoms with Gasteiger partial charge >= 0.3 is 5.97 Å². The van der Waals surface area contributed by atoms with Gasteiger partial charge in [0.1, 0.15) is 0 Å². The Balaban J connectivity index is 2.06. The van der Waals surface area contributed by atoms with Crippen LogP contribution in [-0.4, -0.2) is 19.7 Å². The molecular weight excluding hydrogens is 223 g/mol. The largest absolute Gasteiger partial charge is 0.494 e. The summed E-state index contributed by atoms with van der Waals surface area (Å²) in [6.45, 7) is 2.17. The van der Waals surface area contributed by atoms with Crippen LogP contribution in [0.3, 0.4) is 0 Å². The molecule has 0 N–H and O–H groups in total. The van der Waals surface area contributed by atoms with Gasteiger partial charge in [-0.15, -0.1) is 0 Å². The third-order valence-corrected chi connectivity index (χ3v) is 2.98. The van der Waals surface area contributed by atoms with Crippen molar-refractivity contribution in [3.8, 4) is 5.75 Å². The Morgan fingerprint density at radius 3 is 2.88 bits per heavy atom. The van der Waals surface area contributed by atoms with E-state index in [1.165, 1.54) is 13.2 Å². The van der Waals surface area contributed by atoms with Crippen molar-refractivity contribution in [2.45, 2.75) is 19.3 Å². The van der Waals surface area contributed by atoms with E-state index in [0.717, 1.165) is 12.0 Å². The van der Waals surface area contributed by atoms with E-state index in [-0.39, 0.29) is 29.4 Å². The molecule has 1 aromatic rings. The van der Waals surface area contributed by atoms with E-state index in [1.807, 2.05) is 0 Å². The molecule has 0 radical (unpaired) electrons. The van der Waals surface area contributed by atoms with E-state index in [9.17, 15) is 9.18 Å². The standard InChI is InChI=1S/C13H15FO3/c1-3-17-13(15)10-7-9(10)8-4-5-12(16-2)11(14)6-8/h4-6,9-10H,3,7H2,1-2H3/t9-,10+/m0/s1. The molecule has 0 amide bonds. The van der Waals surface area contributed by atoms with Crippen LogP contribution in [0.4, 0.5) is 4.39 Å². The minimum absolute atomic E-state index is 0.0921. The molecule has 1 fully saturated rings. The van der Waals surface area contributed by atoms with E-state index >= 15 is 0 Å². The van der Waals surface area contributed by atoms with E-state index in [1.54, 1.807) is 19.1 Å². The topological polar surface area (TPSA) is 35.5 Å². The molecule has 1 aromatic carbocycles. The molecule has 0 heterocycles. The van der Waals surface area contributed by atoms with Crippen LogP contribution in [0.5, 0.6) is 5.75 Å². The fourth-order valence-electron chi connectivity index (χ4n) is 1.99. The highest BCUT2D eigenvalue weighted by Gasteiger charge is 2.45. The number of methoxy groups -OCH3 is 1. The van der Waals surface area contributed by atoms with Crippen molar-refractivity contribution < 1.29 is 18.7 Å². The lowest BCUT2D eigenvalue weighted by Crippen LogP contribution is -2.07. The molecule has 1 aliphatic rings. The first-order valence-electron chi connectivity index (χ1n) is 5.67. The number of hydrogen-bond acceptors (Lipinski definition) is 3. The summed E-state index contributed by atoms with van der Waals surface area (Å²) in [5.41, 5.74) is 0.835. The maximum absolute atomic E-state index is 13.5. The molecule has 0 unspecified atom stereocenters. The number of esters is 1. The lowest BCUT2D eigenvalue weighted by atomic mass is 10.1. The summed E-state index contributed by atoms with van der Waals surface area (Å²) < 4.78 is 23.3. The lowest BCUT2D eigenvalue weighted by Gasteiger charge is -2.05. The maximum Gasteiger partial charge on any atom is 0.309 e. The fraction of sp³-hybridized carbons (Fsp3) is 0.462. The van der Waals surface area contributed by atoms with Crippen LogP contribution in [0, 0.1) is 11.7 Å². The summed E-state index contributed by atoms with van der Waals surface area (Å²) >= 11 is 0. The molecule has 0 aliphatic heterocycles. The molecule has 4 heteroatoms. The van der Waals surface area contributed by atoms with E-state index in [0.29, 0.717) is 6.61 Å². The Hall–Kier alpha value is -1.58. The number of carbonyl (C=O) groups excluding carboxylic acids is 1. The predicted octanol–water partition coefficient (Wildman–Crippen LogP) is 2.50. The second-order valence-electron chi connectivity index (χ2n) is 4.09. The van der Waals surface area contributed by atoms with Crippen LogP contribution in [0.2, 0.25) is 0 Å². The number of hydrogen-bond donors (Lipinski definition) is 0. The number of ether oxygens (including phenoxy) is 2. The highest BCUT2D eigenvalue weighted by Crippen LogP contribution is 2.48.